The average Bonchev–Trinajstić information content (AvgIpc) is 1.82. The van der Waals surface area contributed by atoms with Crippen molar-refractivity contribution in [2.24, 2.45) is 7.05 Å². The second-order valence-electron chi connectivity index (χ2n) is 1.82. The van der Waals surface area contributed by atoms with E-state index < -0.39 is 0 Å². The van der Waals surface area contributed by atoms with Crippen LogP contribution in [0.3, 0.4) is 0 Å². The van der Waals surface area contributed by atoms with E-state index >= 15 is 0 Å². The van der Waals surface area contributed by atoms with Crippen LogP contribution >= 0.6 is 0 Å². The topological polar surface area (TPSA) is 107 Å². The molecule has 0 atom stereocenters. The van der Waals surface area contributed by atoms with Gasteiger partial charge in [0.05, 0.1) is 0 Å². The number of nitrogens with one attached hydrogen (secondary N) is 1. The molecule has 0 unspecified atom stereocenters. The summed E-state index contributed by atoms with van der Waals surface area (Å²) in [4.78, 5) is 7.17. The van der Waals surface area contributed by atoms with Gasteiger partial charge < -0.3 is 11.5 Å². The number of aromatic nitrogens is 3. The van der Waals surface area contributed by atoms with Crippen molar-refractivity contribution in [1.29, 1.82) is 5.41 Å². The van der Waals surface area contributed by atoms with Gasteiger partial charge in [-0.25, -0.2) is 0 Å². The Hall–Kier alpha value is -1.59. The van der Waals surface area contributed by atoms with Gasteiger partial charge in [-0.1, -0.05) is 0 Å². The number of hydrogen-bond donors (Lipinski definition) is 3. The van der Waals surface area contributed by atoms with Gasteiger partial charge in [0.1, 0.15) is 0 Å². The van der Waals surface area contributed by atoms with Gasteiger partial charge >= 0.3 is 0 Å². The van der Waals surface area contributed by atoms with Gasteiger partial charge in [-0.2, -0.15) is 9.97 Å². The quantitative estimate of drug-likeness (QED) is 0.406. The average molecular weight is 140 g/mol. The molecule has 1 aromatic rings. The van der Waals surface area contributed by atoms with Gasteiger partial charge in [0.2, 0.25) is 17.5 Å². The number of nitrogens with zero attached hydrogens (tertiary/aromatic N) is 3. The van der Waals surface area contributed by atoms with Crippen molar-refractivity contribution in [3.05, 3.63) is 5.62 Å². The van der Waals surface area contributed by atoms with E-state index in [0.717, 1.165) is 0 Å². The van der Waals surface area contributed by atoms with Crippen LogP contribution in [0.5, 0.6) is 0 Å². The van der Waals surface area contributed by atoms with Gasteiger partial charge in [-0.3, -0.25) is 9.98 Å². The zero-order valence-corrected chi connectivity index (χ0v) is 5.50. The van der Waals surface area contributed by atoms with E-state index in [-0.39, 0.29) is 17.5 Å². The number of hydrogen-bond acceptors (Lipinski definition) is 5. The molecule has 6 nitrogen and oxygen atoms in total. The summed E-state index contributed by atoms with van der Waals surface area (Å²) in [5.74, 6) is 0.220. The zero-order valence-electron chi connectivity index (χ0n) is 5.50. The van der Waals surface area contributed by atoms with Gasteiger partial charge in [-0.05, 0) is 0 Å². The van der Waals surface area contributed by atoms with Gasteiger partial charge in [0.15, 0.2) is 0 Å². The van der Waals surface area contributed by atoms with Crippen molar-refractivity contribution in [2.75, 3.05) is 11.5 Å². The highest BCUT2D eigenvalue weighted by Crippen LogP contribution is 1.90. The van der Waals surface area contributed by atoms with Crippen LogP contribution in [0.1, 0.15) is 0 Å². The number of anilines is 2. The normalized spacial score (nSPS) is 9.70. The molecule has 6 heteroatoms. The third-order valence-electron chi connectivity index (χ3n) is 1.11. The summed E-state index contributed by atoms with van der Waals surface area (Å²) in [6.45, 7) is 0. The van der Waals surface area contributed by atoms with E-state index in [0.29, 0.717) is 0 Å². The maximum atomic E-state index is 7.15. The number of nitrogen functional groups attached to an aromatic ring is 2. The molecule has 54 valence electrons. The minimum atomic E-state index is 0.00463. The van der Waals surface area contributed by atoms with Gasteiger partial charge in [-0.15, -0.1) is 0 Å². The molecule has 0 amide bonds. The molecule has 0 saturated heterocycles. The predicted molar refractivity (Wildman–Crippen MR) is 35.7 cm³/mol. The van der Waals surface area contributed by atoms with Crippen molar-refractivity contribution in [3.63, 3.8) is 0 Å². The molecule has 5 N–H and O–H groups in total. The molecule has 0 aliphatic heterocycles. The molecular weight excluding hydrogens is 132 g/mol. The lowest BCUT2D eigenvalue weighted by Crippen LogP contribution is -2.25. The highest BCUT2D eigenvalue weighted by Gasteiger charge is 1.95. The maximum Gasteiger partial charge on any atom is 0.227 e. The van der Waals surface area contributed by atoms with Crippen LogP contribution in [0.4, 0.5) is 11.9 Å². The van der Waals surface area contributed by atoms with E-state index in [1.54, 1.807) is 7.05 Å². The van der Waals surface area contributed by atoms with Crippen LogP contribution in [-0.4, -0.2) is 14.5 Å². The summed E-state index contributed by atoms with van der Waals surface area (Å²) >= 11 is 0. The van der Waals surface area contributed by atoms with Crippen molar-refractivity contribution in [1.82, 2.24) is 14.5 Å². The standard InChI is InChI=1S/C4H8N6/c1-10-3(6)8-2(5)9-4(10)7/h1H3,(H5,5,6,7,8,9). The Morgan fingerprint density at radius 3 is 2.50 bits per heavy atom. The highest BCUT2D eigenvalue weighted by molar-refractivity contribution is 5.24. The minimum absolute atomic E-state index is 0.00463. The van der Waals surface area contributed by atoms with Crippen molar-refractivity contribution in [3.8, 4) is 0 Å². The zero-order chi connectivity index (χ0) is 7.72. The van der Waals surface area contributed by atoms with Gasteiger partial charge in [0, 0.05) is 7.05 Å². The molecule has 0 aliphatic carbocycles. The molecule has 1 heterocycles. The molecule has 0 saturated carbocycles. The number of rotatable bonds is 0. The summed E-state index contributed by atoms with van der Waals surface area (Å²) in [5.41, 5.74) is 10.5. The Balaban J connectivity index is 3.46. The third-order valence-corrected chi connectivity index (χ3v) is 1.11. The lowest BCUT2D eigenvalue weighted by Gasteiger charge is -2.00. The Bertz CT molecular complexity index is 299. The molecule has 1 rings (SSSR count). The summed E-state index contributed by atoms with van der Waals surface area (Å²) in [5, 5.41) is 7.15. The van der Waals surface area contributed by atoms with E-state index in [4.69, 9.17) is 16.9 Å². The summed E-state index contributed by atoms with van der Waals surface area (Å²) in [7, 11) is 1.59. The molecule has 0 fully saturated rings. The van der Waals surface area contributed by atoms with Crippen LogP contribution in [0.15, 0.2) is 0 Å². The van der Waals surface area contributed by atoms with Gasteiger partial charge in [0.25, 0.3) is 0 Å². The third kappa shape index (κ3) is 0.903. The van der Waals surface area contributed by atoms with Crippen molar-refractivity contribution >= 4 is 11.9 Å². The lowest BCUT2D eigenvalue weighted by atomic mass is 10.8. The van der Waals surface area contributed by atoms with Crippen LogP contribution in [0.2, 0.25) is 0 Å². The van der Waals surface area contributed by atoms with Crippen LogP contribution in [0.25, 0.3) is 0 Å². The molecular formula is C4H8N6. The van der Waals surface area contributed by atoms with Crippen LogP contribution in [-0.2, 0) is 7.05 Å². The monoisotopic (exact) mass is 140 g/mol. The summed E-state index contributed by atoms with van der Waals surface area (Å²) in [6, 6.07) is 0. The molecule has 0 radical (unpaired) electrons. The van der Waals surface area contributed by atoms with Crippen LogP contribution in [0, 0.1) is 5.41 Å². The SMILES string of the molecule is Cn1c(N)nc(N)nc1=N. The summed E-state index contributed by atoms with van der Waals surface area (Å²) < 4.78 is 1.33. The predicted octanol–water partition coefficient (Wildman–Crippen LogP) is -1.54. The second kappa shape index (κ2) is 1.98. The smallest absolute Gasteiger partial charge is 0.227 e. The van der Waals surface area contributed by atoms with E-state index in [2.05, 4.69) is 9.97 Å². The molecule has 10 heavy (non-hydrogen) atoms. The lowest BCUT2D eigenvalue weighted by molar-refractivity contribution is 0.751. The molecule has 0 aliphatic rings. The molecule has 0 spiro atoms. The molecule has 0 aromatic carbocycles. The van der Waals surface area contributed by atoms with Crippen molar-refractivity contribution < 1.29 is 0 Å². The maximum absolute atomic E-state index is 7.15. The van der Waals surface area contributed by atoms with Crippen LogP contribution < -0.4 is 17.1 Å². The largest absolute Gasteiger partial charge is 0.369 e. The Kier molecular flexibility index (Phi) is 1.29. The second-order valence-corrected chi connectivity index (χ2v) is 1.82. The molecule has 1 aromatic heterocycles. The first-order valence-electron chi connectivity index (χ1n) is 2.62. The number of nitrogens with two attached hydrogens (primary N) is 2. The Labute approximate surface area is 57.0 Å². The van der Waals surface area contributed by atoms with E-state index in [1.807, 2.05) is 0 Å². The van der Waals surface area contributed by atoms with E-state index in [9.17, 15) is 0 Å². The first-order chi connectivity index (χ1) is 4.61. The fraction of sp³-hybridized carbons (Fsp3) is 0.250. The highest BCUT2D eigenvalue weighted by atomic mass is 15.2. The van der Waals surface area contributed by atoms with E-state index in [1.165, 1.54) is 4.57 Å². The fourth-order valence-electron chi connectivity index (χ4n) is 0.509. The molecule has 0 bridgehead atoms. The fourth-order valence-corrected chi connectivity index (χ4v) is 0.509. The Morgan fingerprint density at radius 2 is 2.00 bits per heavy atom. The first kappa shape index (κ1) is 6.53. The minimum Gasteiger partial charge on any atom is -0.369 e. The first-order valence-corrected chi connectivity index (χ1v) is 2.62. The summed E-state index contributed by atoms with van der Waals surface area (Å²) in [6.07, 6.45) is 0. The van der Waals surface area contributed by atoms with Crippen molar-refractivity contribution in [2.45, 2.75) is 0 Å². The Morgan fingerprint density at radius 1 is 1.40 bits per heavy atom.